The molecule has 1 heteroatoms. The van der Waals surface area contributed by atoms with Gasteiger partial charge in [-0.1, -0.05) is 69.7 Å². The van der Waals surface area contributed by atoms with Crippen LogP contribution in [0.3, 0.4) is 0 Å². The highest BCUT2D eigenvalue weighted by atomic mass is 16.3. The van der Waals surface area contributed by atoms with Gasteiger partial charge in [-0.15, -0.1) is 0 Å². The van der Waals surface area contributed by atoms with Crippen molar-refractivity contribution in [2.45, 2.75) is 85.2 Å². The van der Waals surface area contributed by atoms with Gasteiger partial charge in [0.1, 0.15) is 0 Å². The fourth-order valence-electron chi connectivity index (χ4n) is 5.58. The highest BCUT2D eigenvalue weighted by Crippen LogP contribution is 2.58. The molecule has 0 bridgehead atoms. The maximum absolute atomic E-state index is 10.0. The van der Waals surface area contributed by atoms with E-state index in [-0.39, 0.29) is 6.10 Å². The molecule has 0 heterocycles. The van der Waals surface area contributed by atoms with Crippen LogP contribution in [-0.4, -0.2) is 11.2 Å². The summed E-state index contributed by atoms with van der Waals surface area (Å²) in [5, 5.41) is 10.0. The predicted molar refractivity (Wildman–Crippen MR) is 121 cm³/mol. The first kappa shape index (κ1) is 21.6. The van der Waals surface area contributed by atoms with Gasteiger partial charge in [-0.25, -0.2) is 0 Å². The third-order valence-electron chi connectivity index (χ3n) is 7.94. The Hall–Kier alpha value is -1.08. The highest BCUT2D eigenvalue weighted by Gasteiger charge is 2.48. The Labute approximate surface area is 173 Å². The monoisotopic (exact) mass is 381 g/mol. The van der Waals surface area contributed by atoms with E-state index in [9.17, 15) is 5.11 Å². The molecule has 3 rings (SSSR count). The lowest BCUT2D eigenvalue weighted by Crippen LogP contribution is -2.36. The second-order valence-electron chi connectivity index (χ2n) is 10.0. The molecule has 0 aromatic heterocycles. The van der Waals surface area contributed by atoms with Crippen molar-refractivity contribution in [3.63, 3.8) is 0 Å². The van der Waals surface area contributed by atoms with Crippen molar-refractivity contribution in [2.75, 3.05) is 0 Å². The summed E-state index contributed by atoms with van der Waals surface area (Å²) in [6, 6.07) is 0. The fourth-order valence-corrected chi connectivity index (χ4v) is 5.58. The standard InChI is InChI=1S/C27H41O/c1-19(2)20(3)10-12-22(5)27-16-6-8-23(26(27)9-7-17-27)13-14-24-18-25(28)15-11-21(24)4/h10,12-14,17,19-20,22,25-26,28H,4,6-9,11,15-16,18H2,1-3,5H3/b12-10+,23-13+,24-14-/t20-,22+,25-,26-,27+/m0/s1. The topological polar surface area (TPSA) is 20.2 Å². The van der Waals surface area contributed by atoms with E-state index >= 15 is 0 Å². The second-order valence-corrected chi connectivity index (χ2v) is 10.0. The van der Waals surface area contributed by atoms with Crippen LogP contribution in [0.4, 0.5) is 0 Å². The maximum Gasteiger partial charge on any atom is 0.0583 e. The van der Waals surface area contributed by atoms with E-state index in [2.05, 4.69) is 65.0 Å². The summed E-state index contributed by atoms with van der Waals surface area (Å²) in [6.07, 6.45) is 21.1. The molecule has 3 aliphatic carbocycles. The summed E-state index contributed by atoms with van der Waals surface area (Å²) < 4.78 is 0. The van der Waals surface area contributed by atoms with Crippen molar-refractivity contribution >= 4 is 0 Å². The van der Waals surface area contributed by atoms with Crippen LogP contribution in [0.15, 0.2) is 47.6 Å². The van der Waals surface area contributed by atoms with Crippen LogP contribution in [0.25, 0.3) is 0 Å². The largest absolute Gasteiger partial charge is 0.393 e. The number of hydrogen-bond donors (Lipinski definition) is 1. The van der Waals surface area contributed by atoms with E-state index < -0.39 is 0 Å². The highest BCUT2D eigenvalue weighted by molar-refractivity contribution is 5.36. The average molecular weight is 382 g/mol. The lowest BCUT2D eigenvalue weighted by Gasteiger charge is -2.45. The number of fused-ring (bicyclic) bond motifs is 1. The lowest BCUT2D eigenvalue weighted by molar-refractivity contribution is 0.157. The normalized spacial score (nSPS) is 36.4. The molecule has 1 radical (unpaired) electrons. The van der Waals surface area contributed by atoms with Crippen molar-refractivity contribution in [1.82, 2.24) is 0 Å². The molecule has 0 aliphatic heterocycles. The smallest absolute Gasteiger partial charge is 0.0583 e. The third-order valence-corrected chi connectivity index (χ3v) is 7.94. The molecule has 0 aromatic rings. The van der Waals surface area contributed by atoms with Gasteiger partial charge in [-0.05, 0) is 92.4 Å². The molecule has 0 saturated heterocycles. The van der Waals surface area contributed by atoms with Crippen LogP contribution in [0.5, 0.6) is 0 Å². The Morgan fingerprint density at radius 3 is 2.64 bits per heavy atom. The van der Waals surface area contributed by atoms with Crippen molar-refractivity contribution in [2.24, 2.45) is 29.1 Å². The zero-order valence-corrected chi connectivity index (χ0v) is 18.6. The minimum Gasteiger partial charge on any atom is -0.393 e. The van der Waals surface area contributed by atoms with Gasteiger partial charge < -0.3 is 5.11 Å². The molecule has 3 aliphatic rings. The molecule has 5 atom stereocenters. The summed E-state index contributed by atoms with van der Waals surface area (Å²) in [4.78, 5) is 0. The molecular formula is C27H41O. The molecule has 28 heavy (non-hydrogen) atoms. The number of rotatable bonds is 5. The Morgan fingerprint density at radius 1 is 1.11 bits per heavy atom. The Morgan fingerprint density at radius 2 is 1.89 bits per heavy atom. The number of aliphatic hydroxyl groups excluding tert-OH is 1. The first-order valence-corrected chi connectivity index (χ1v) is 11.6. The van der Waals surface area contributed by atoms with Gasteiger partial charge in [-0.3, -0.25) is 0 Å². The predicted octanol–water partition coefficient (Wildman–Crippen LogP) is 7.21. The molecule has 0 unspecified atom stereocenters. The first-order valence-electron chi connectivity index (χ1n) is 11.6. The summed E-state index contributed by atoms with van der Waals surface area (Å²) in [7, 11) is 0. The molecule has 3 fully saturated rings. The van der Waals surface area contributed by atoms with Gasteiger partial charge in [0.05, 0.1) is 6.10 Å². The zero-order valence-electron chi connectivity index (χ0n) is 18.6. The van der Waals surface area contributed by atoms with Gasteiger partial charge >= 0.3 is 0 Å². The van der Waals surface area contributed by atoms with Crippen LogP contribution < -0.4 is 0 Å². The van der Waals surface area contributed by atoms with Crippen molar-refractivity contribution in [1.29, 1.82) is 0 Å². The molecule has 155 valence electrons. The van der Waals surface area contributed by atoms with E-state index in [0.29, 0.717) is 29.1 Å². The van der Waals surface area contributed by atoms with Gasteiger partial charge in [-0.2, -0.15) is 0 Å². The van der Waals surface area contributed by atoms with Gasteiger partial charge in [0.15, 0.2) is 0 Å². The minimum absolute atomic E-state index is 0.187. The Bertz CT molecular complexity index is 649. The van der Waals surface area contributed by atoms with Crippen LogP contribution in [-0.2, 0) is 0 Å². The molecule has 0 aromatic carbocycles. The summed E-state index contributed by atoms with van der Waals surface area (Å²) in [6.45, 7) is 13.6. The maximum atomic E-state index is 10.0. The molecule has 0 spiro atoms. The van der Waals surface area contributed by atoms with Crippen LogP contribution in [0, 0.1) is 35.5 Å². The second kappa shape index (κ2) is 9.16. The van der Waals surface area contributed by atoms with E-state index in [4.69, 9.17) is 0 Å². The Kier molecular flexibility index (Phi) is 7.07. The quantitative estimate of drug-likeness (QED) is 0.499. The fraction of sp³-hybridized carbons (Fsp3) is 0.667. The van der Waals surface area contributed by atoms with Gasteiger partial charge in [0, 0.05) is 0 Å². The molecule has 1 N–H and O–H groups in total. The molecule has 3 saturated carbocycles. The van der Waals surface area contributed by atoms with Crippen LogP contribution in [0.2, 0.25) is 0 Å². The van der Waals surface area contributed by atoms with E-state index in [1.165, 1.54) is 43.3 Å². The molecular weight excluding hydrogens is 340 g/mol. The zero-order chi connectivity index (χ0) is 20.3. The summed E-state index contributed by atoms with van der Waals surface area (Å²) in [5.41, 5.74) is 4.47. The number of hydrogen-bond acceptors (Lipinski definition) is 1. The van der Waals surface area contributed by atoms with Crippen LogP contribution >= 0.6 is 0 Å². The van der Waals surface area contributed by atoms with Crippen molar-refractivity contribution < 1.29 is 5.11 Å². The van der Waals surface area contributed by atoms with E-state index in [1.54, 1.807) is 5.57 Å². The van der Waals surface area contributed by atoms with E-state index in [0.717, 1.165) is 19.3 Å². The van der Waals surface area contributed by atoms with Gasteiger partial charge in [0.2, 0.25) is 0 Å². The van der Waals surface area contributed by atoms with Crippen molar-refractivity contribution in [3.8, 4) is 0 Å². The first-order chi connectivity index (χ1) is 13.3. The minimum atomic E-state index is -0.187. The summed E-state index contributed by atoms with van der Waals surface area (Å²) >= 11 is 0. The third kappa shape index (κ3) is 4.56. The van der Waals surface area contributed by atoms with E-state index in [1.807, 2.05) is 0 Å². The Balaban J connectivity index is 1.79. The molecule has 0 amide bonds. The molecule has 1 nitrogen and oxygen atoms in total. The number of allylic oxidation sites excluding steroid dienone is 6. The van der Waals surface area contributed by atoms with Crippen LogP contribution in [0.1, 0.15) is 79.1 Å². The lowest BCUT2D eigenvalue weighted by atomic mass is 9.60. The van der Waals surface area contributed by atoms with Crippen molar-refractivity contribution in [3.05, 3.63) is 54.0 Å². The van der Waals surface area contributed by atoms with Gasteiger partial charge in [0.25, 0.3) is 0 Å². The SMILES string of the molecule is C=C1CC[C@H](O)C/C1=C/C=C1\CCC[C@]2([C@H](C)/C=C/[C@H](C)C(C)C)[CH]CC[C@@H]12. The number of aliphatic hydroxyl groups is 1. The summed E-state index contributed by atoms with van der Waals surface area (Å²) in [5.74, 6) is 2.64. The average Bonchev–Trinajstić information content (AvgIpc) is 3.12.